The SMILES string of the molecule is CC(C)C[C@H](NC(=O)OC(C)(C)C)C(=O)Nc1ccc(-c2nn[nH]n2)cc1. The van der Waals surface area contributed by atoms with Gasteiger partial charge in [-0.05, 0) is 62.6 Å². The highest BCUT2D eigenvalue weighted by atomic mass is 16.6. The first kappa shape index (κ1) is 20.3. The second kappa shape index (κ2) is 8.61. The molecule has 0 saturated carbocycles. The van der Waals surface area contributed by atoms with E-state index in [0.717, 1.165) is 5.56 Å². The fourth-order valence-electron chi connectivity index (χ4n) is 2.37. The van der Waals surface area contributed by atoms with Crippen LogP contribution < -0.4 is 10.6 Å². The average molecular weight is 374 g/mol. The summed E-state index contributed by atoms with van der Waals surface area (Å²) >= 11 is 0. The lowest BCUT2D eigenvalue weighted by molar-refractivity contribution is -0.118. The van der Waals surface area contributed by atoms with Crippen molar-refractivity contribution >= 4 is 17.7 Å². The highest BCUT2D eigenvalue weighted by Gasteiger charge is 2.25. The van der Waals surface area contributed by atoms with Crippen LogP contribution in [0.2, 0.25) is 0 Å². The molecule has 0 aliphatic carbocycles. The van der Waals surface area contributed by atoms with Crippen LogP contribution in [0.4, 0.5) is 10.5 Å². The molecule has 1 heterocycles. The van der Waals surface area contributed by atoms with Gasteiger partial charge in [0.2, 0.25) is 11.7 Å². The van der Waals surface area contributed by atoms with Crippen molar-refractivity contribution in [3.63, 3.8) is 0 Å². The van der Waals surface area contributed by atoms with E-state index in [2.05, 4.69) is 31.3 Å². The predicted octanol–water partition coefficient (Wildman–Crippen LogP) is 2.74. The Morgan fingerprint density at radius 2 is 1.85 bits per heavy atom. The fourth-order valence-corrected chi connectivity index (χ4v) is 2.37. The van der Waals surface area contributed by atoms with E-state index in [9.17, 15) is 9.59 Å². The summed E-state index contributed by atoms with van der Waals surface area (Å²) in [6.45, 7) is 9.29. The molecule has 0 bridgehead atoms. The topological polar surface area (TPSA) is 122 Å². The molecule has 27 heavy (non-hydrogen) atoms. The molecule has 2 amide bonds. The molecule has 2 rings (SSSR count). The largest absolute Gasteiger partial charge is 0.444 e. The quantitative estimate of drug-likeness (QED) is 0.715. The third kappa shape index (κ3) is 6.69. The Morgan fingerprint density at radius 1 is 1.19 bits per heavy atom. The highest BCUT2D eigenvalue weighted by molar-refractivity contribution is 5.96. The minimum atomic E-state index is -0.697. The van der Waals surface area contributed by atoms with Gasteiger partial charge in [0.05, 0.1) is 0 Å². The van der Waals surface area contributed by atoms with E-state index < -0.39 is 17.7 Å². The molecule has 0 fully saturated rings. The number of nitrogens with zero attached hydrogens (tertiary/aromatic N) is 3. The van der Waals surface area contributed by atoms with Gasteiger partial charge in [-0.15, -0.1) is 10.2 Å². The molecule has 3 N–H and O–H groups in total. The molecule has 146 valence electrons. The summed E-state index contributed by atoms with van der Waals surface area (Å²) in [6.07, 6.45) is -0.123. The maximum absolute atomic E-state index is 12.6. The van der Waals surface area contributed by atoms with Gasteiger partial charge < -0.3 is 15.4 Å². The number of aromatic amines is 1. The number of alkyl carbamates (subject to hydrolysis) is 1. The van der Waals surface area contributed by atoms with Crippen molar-refractivity contribution in [1.82, 2.24) is 25.9 Å². The Kier molecular flexibility index (Phi) is 6.49. The Labute approximate surface area is 158 Å². The Bertz CT molecular complexity index is 750. The third-order valence-electron chi connectivity index (χ3n) is 3.47. The summed E-state index contributed by atoms with van der Waals surface area (Å²) in [5, 5.41) is 19.2. The average Bonchev–Trinajstić information content (AvgIpc) is 3.07. The Balaban J connectivity index is 2.03. The van der Waals surface area contributed by atoms with Crippen molar-refractivity contribution in [2.24, 2.45) is 5.92 Å². The van der Waals surface area contributed by atoms with Crippen LogP contribution in [0.1, 0.15) is 41.0 Å². The normalized spacial score (nSPS) is 12.5. The fraction of sp³-hybridized carbons (Fsp3) is 0.500. The third-order valence-corrected chi connectivity index (χ3v) is 3.47. The summed E-state index contributed by atoms with van der Waals surface area (Å²) in [7, 11) is 0. The maximum atomic E-state index is 12.6. The van der Waals surface area contributed by atoms with Crippen LogP contribution in [-0.4, -0.2) is 44.3 Å². The molecule has 0 aliphatic rings. The lowest BCUT2D eigenvalue weighted by Crippen LogP contribution is -2.46. The van der Waals surface area contributed by atoms with Gasteiger partial charge >= 0.3 is 6.09 Å². The number of hydrogen-bond acceptors (Lipinski definition) is 6. The first-order chi connectivity index (χ1) is 12.6. The van der Waals surface area contributed by atoms with Crippen LogP contribution in [-0.2, 0) is 9.53 Å². The van der Waals surface area contributed by atoms with E-state index in [0.29, 0.717) is 17.9 Å². The zero-order valence-electron chi connectivity index (χ0n) is 16.2. The van der Waals surface area contributed by atoms with Gasteiger partial charge in [-0.1, -0.05) is 13.8 Å². The molecule has 1 aromatic carbocycles. The van der Waals surface area contributed by atoms with Crippen LogP contribution in [0.25, 0.3) is 11.4 Å². The molecule has 2 aromatic rings. The Hall–Kier alpha value is -2.97. The number of amides is 2. The smallest absolute Gasteiger partial charge is 0.408 e. The highest BCUT2D eigenvalue weighted by Crippen LogP contribution is 2.18. The second-order valence-corrected chi connectivity index (χ2v) is 7.63. The molecule has 1 atom stereocenters. The van der Waals surface area contributed by atoms with Crippen molar-refractivity contribution < 1.29 is 14.3 Å². The molecule has 0 radical (unpaired) electrons. The lowest BCUT2D eigenvalue weighted by Gasteiger charge is -2.24. The van der Waals surface area contributed by atoms with Crippen molar-refractivity contribution in [1.29, 1.82) is 0 Å². The summed E-state index contributed by atoms with van der Waals surface area (Å²) in [5.74, 6) is 0.385. The van der Waals surface area contributed by atoms with Gasteiger partial charge in [0, 0.05) is 11.3 Å². The van der Waals surface area contributed by atoms with Gasteiger partial charge in [-0.2, -0.15) is 5.21 Å². The summed E-state index contributed by atoms with van der Waals surface area (Å²) in [5.41, 5.74) is 0.743. The zero-order chi connectivity index (χ0) is 20.0. The number of aromatic nitrogens is 4. The molecular formula is C18H26N6O3. The van der Waals surface area contributed by atoms with Crippen LogP contribution >= 0.6 is 0 Å². The monoisotopic (exact) mass is 374 g/mol. The molecule has 0 aliphatic heterocycles. The van der Waals surface area contributed by atoms with Gasteiger partial charge in [0.25, 0.3) is 0 Å². The molecule has 9 nitrogen and oxygen atoms in total. The van der Waals surface area contributed by atoms with Crippen molar-refractivity contribution in [2.75, 3.05) is 5.32 Å². The van der Waals surface area contributed by atoms with E-state index in [-0.39, 0.29) is 11.8 Å². The standard InChI is InChI=1S/C18H26N6O3/c1-11(2)10-14(20-17(26)27-18(3,4)5)16(25)19-13-8-6-12(7-9-13)15-21-23-24-22-15/h6-9,11,14H,10H2,1-5H3,(H,19,25)(H,20,26)(H,21,22,23,24)/t14-/m0/s1. The Morgan fingerprint density at radius 3 is 2.37 bits per heavy atom. The van der Waals surface area contributed by atoms with Gasteiger partial charge in [-0.3, -0.25) is 4.79 Å². The summed E-state index contributed by atoms with van der Waals surface area (Å²) < 4.78 is 5.25. The van der Waals surface area contributed by atoms with E-state index in [1.807, 2.05) is 13.8 Å². The number of carbonyl (C=O) groups is 2. The number of carbonyl (C=O) groups excluding carboxylic acids is 2. The van der Waals surface area contributed by atoms with Crippen molar-refractivity contribution in [3.05, 3.63) is 24.3 Å². The van der Waals surface area contributed by atoms with E-state index >= 15 is 0 Å². The molecule has 0 spiro atoms. The number of nitrogens with one attached hydrogen (secondary N) is 3. The first-order valence-corrected chi connectivity index (χ1v) is 8.78. The van der Waals surface area contributed by atoms with E-state index in [4.69, 9.17) is 4.74 Å². The number of tetrazole rings is 1. The predicted molar refractivity (Wildman–Crippen MR) is 101 cm³/mol. The number of hydrogen-bond donors (Lipinski definition) is 3. The molecule has 1 aromatic heterocycles. The van der Waals surface area contributed by atoms with Gasteiger partial charge in [0.15, 0.2) is 0 Å². The van der Waals surface area contributed by atoms with Gasteiger partial charge in [-0.25, -0.2) is 4.79 Å². The lowest BCUT2D eigenvalue weighted by atomic mass is 10.0. The van der Waals surface area contributed by atoms with Crippen LogP contribution in [0, 0.1) is 5.92 Å². The summed E-state index contributed by atoms with van der Waals surface area (Å²) in [6, 6.07) is 6.34. The number of ether oxygens (including phenoxy) is 1. The van der Waals surface area contributed by atoms with Crippen LogP contribution in [0.5, 0.6) is 0 Å². The second-order valence-electron chi connectivity index (χ2n) is 7.63. The minimum absolute atomic E-state index is 0.219. The van der Waals surface area contributed by atoms with Crippen molar-refractivity contribution in [3.8, 4) is 11.4 Å². The number of H-pyrrole nitrogens is 1. The first-order valence-electron chi connectivity index (χ1n) is 8.78. The van der Waals surface area contributed by atoms with Crippen LogP contribution in [0.15, 0.2) is 24.3 Å². The van der Waals surface area contributed by atoms with Crippen LogP contribution in [0.3, 0.4) is 0 Å². The van der Waals surface area contributed by atoms with E-state index in [1.165, 1.54) is 0 Å². The number of rotatable bonds is 6. The molecule has 9 heteroatoms. The number of anilines is 1. The number of benzene rings is 1. The van der Waals surface area contributed by atoms with E-state index in [1.54, 1.807) is 45.0 Å². The summed E-state index contributed by atoms with van der Waals surface area (Å²) in [4.78, 5) is 24.7. The molecular weight excluding hydrogens is 348 g/mol. The molecule has 0 saturated heterocycles. The zero-order valence-corrected chi connectivity index (χ0v) is 16.2. The van der Waals surface area contributed by atoms with Gasteiger partial charge in [0.1, 0.15) is 11.6 Å². The minimum Gasteiger partial charge on any atom is -0.444 e. The maximum Gasteiger partial charge on any atom is 0.408 e. The molecule has 0 unspecified atom stereocenters. The van der Waals surface area contributed by atoms with Crippen molar-refractivity contribution in [2.45, 2.75) is 52.7 Å².